The first kappa shape index (κ1) is 17.8. The van der Waals surface area contributed by atoms with Gasteiger partial charge >= 0.3 is 0 Å². The molecule has 0 aliphatic heterocycles. The number of carbonyl (C=O) groups is 1. The minimum Gasteiger partial charge on any atom is -0.495 e. The van der Waals surface area contributed by atoms with Crippen molar-refractivity contribution in [2.75, 3.05) is 17.7 Å². The lowest BCUT2D eigenvalue weighted by atomic mass is 10.1. The molecule has 1 amide bonds. The van der Waals surface area contributed by atoms with Gasteiger partial charge in [0, 0.05) is 11.3 Å². The Morgan fingerprint density at radius 1 is 1.04 bits per heavy atom. The molecule has 5 nitrogen and oxygen atoms in total. The van der Waals surface area contributed by atoms with Crippen molar-refractivity contribution in [2.24, 2.45) is 0 Å². The first-order valence-electron chi connectivity index (χ1n) is 8.00. The van der Waals surface area contributed by atoms with E-state index in [1.807, 2.05) is 25.1 Å². The molecule has 2 N–H and O–H groups in total. The van der Waals surface area contributed by atoms with Crippen LogP contribution in [0.4, 0.5) is 17.2 Å². The zero-order chi connectivity index (χ0) is 18.5. The molecular weight excluding hydrogens is 350 g/mol. The van der Waals surface area contributed by atoms with Gasteiger partial charge < -0.3 is 15.4 Å². The largest absolute Gasteiger partial charge is 0.495 e. The summed E-state index contributed by atoms with van der Waals surface area (Å²) in [5.41, 5.74) is 3.12. The Kier molecular flexibility index (Phi) is 5.39. The number of anilines is 3. The Hall–Kier alpha value is -3.05. The minimum absolute atomic E-state index is 0.172. The second-order valence-corrected chi connectivity index (χ2v) is 6.13. The van der Waals surface area contributed by atoms with Gasteiger partial charge in [-0.1, -0.05) is 29.3 Å². The number of carbonyl (C=O) groups excluding carboxylic acids is 1. The van der Waals surface area contributed by atoms with E-state index in [2.05, 4.69) is 15.6 Å². The number of halogens is 1. The van der Waals surface area contributed by atoms with Crippen LogP contribution in [0.25, 0.3) is 0 Å². The first-order chi connectivity index (χ1) is 12.5. The lowest BCUT2D eigenvalue weighted by Gasteiger charge is -2.09. The fourth-order valence-electron chi connectivity index (χ4n) is 2.34. The number of aryl methyl sites for hydroxylation is 1. The van der Waals surface area contributed by atoms with Crippen molar-refractivity contribution < 1.29 is 9.53 Å². The monoisotopic (exact) mass is 367 g/mol. The van der Waals surface area contributed by atoms with Gasteiger partial charge in [0.2, 0.25) is 0 Å². The highest BCUT2D eigenvalue weighted by atomic mass is 35.5. The fraction of sp³-hybridized carbons (Fsp3) is 0.100. The van der Waals surface area contributed by atoms with Crippen molar-refractivity contribution in [2.45, 2.75) is 6.92 Å². The maximum absolute atomic E-state index is 12.2. The molecule has 0 saturated carbocycles. The average molecular weight is 368 g/mol. The number of nitrogens with zero attached hydrogens (tertiary/aromatic N) is 1. The Morgan fingerprint density at radius 3 is 2.38 bits per heavy atom. The van der Waals surface area contributed by atoms with Crippen molar-refractivity contribution in [3.8, 4) is 5.75 Å². The zero-order valence-electron chi connectivity index (χ0n) is 14.4. The molecule has 0 aliphatic rings. The molecule has 0 radical (unpaired) electrons. The molecule has 0 aliphatic carbocycles. The second-order valence-electron chi connectivity index (χ2n) is 5.73. The van der Waals surface area contributed by atoms with Gasteiger partial charge in [-0.25, -0.2) is 4.98 Å². The van der Waals surface area contributed by atoms with E-state index in [-0.39, 0.29) is 5.91 Å². The van der Waals surface area contributed by atoms with E-state index in [1.165, 1.54) is 0 Å². The fourth-order valence-corrected chi connectivity index (χ4v) is 2.60. The second kappa shape index (κ2) is 7.89. The van der Waals surface area contributed by atoms with E-state index in [1.54, 1.807) is 49.7 Å². The number of ether oxygens (including phenoxy) is 1. The van der Waals surface area contributed by atoms with E-state index in [0.29, 0.717) is 27.8 Å². The van der Waals surface area contributed by atoms with Gasteiger partial charge in [-0.2, -0.15) is 0 Å². The van der Waals surface area contributed by atoms with Crippen molar-refractivity contribution in [1.82, 2.24) is 4.98 Å². The van der Waals surface area contributed by atoms with Crippen LogP contribution >= 0.6 is 11.6 Å². The molecule has 0 fully saturated rings. The third kappa shape index (κ3) is 4.32. The number of amides is 1. The molecule has 2 aromatic carbocycles. The minimum atomic E-state index is -0.172. The number of methoxy groups -OCH3 is 1. The molecule has 3 aromatic rings. The van der Waals surface area contributed by atoms with Crippen LogP contribution in [-0.4, -0.2) is 18.0 Å². The summed E-state index contributed by atoms with van der Waals surface area (Å²) in [5, 5.41) is 6.49. The Labute approximate surface area is 157 Å². The summed E-state index contributed by atoms with van der Waals surface area (Å²) in [6.45, 7) is 1.98. The summed E-state index contributed by atoms with van der Waals surface area (Å²) in [6.07, 6.45) is 1.60. The number of nitrogens with one attached hydrogen (secondary N) is 2. The van der Waals surface area contributed by atoms with Crippen LogP contribution in [0.5, 0.6) is 5.75 Å². The molecule has 0 unspecified atom stereocenters. The molecule has 132 valence electrons. The summed E-state index contributed by atoms with van der Waals surface area (Å²) < 4.78 is 5.13. The predicted molar refractivity (Wildman–Crippen MR) is 105 cm³/mol. The number of hydrogen-bond acceptors (Lipinski definition) is 4. The molecule has 0 atom stereocenters. The van der Waals surface area contributed by atoms with Gasteiger partial charge in [-0.3, -0.25) is 4.79 Å². The van der Waals surface area contributed by atoms with E-state index in [0.717, 1.165) is 11.3 Å². The molecule has 26 heavy (non-hydrogen) atoms. The van der Waals surface area contributed by atoms with Crippen molar-refractivity contribution in [1.29, 1.82) is 0 Å². The van der Waals surface area contributed by atoms with Crippen LogP contribution < -0.4 is 15.4 Å². The van der Waals surface area contributed by atoms with Crippen LogP contribution in [0, 0.1) is 6.92 Å². The highest BCUT2D eigenvalue weighted by Crippen LogP contribution is 2.28. The summed E-state index contributed by atoms with van der Waals surface area (Å²) in [7, 11) is 1.57. The van der Waals surface area contributed by atoms with Crippen LogP contribution in [0.15, 0.2) is 60.8 Å². The van der Waals surface area contributed by atoms with Gasteiger partial charge in [0.1, 0.15) is 11.6 Å². The molecule has 1 heterocycles. The highest BCUT2D eigenvalue weighted by Gasteiger charge is 2.07. The van der Waals surface area contributed by atoms with E-state index >= 15 is 0 Å². The predicted octanol–water partition coefficient (Wildman–Crippen LogP) is 5.05. The smallest absolute Gasteiger partial charge is 0.255 e. The number of hydrogen-bond donors (Lipinski definition) is 2. The maximum Gasteiger partial charge on any atom is 0.255 e. The topological polar surface area (TPSA) is 63.2 Å². The molecule has 6 heteroatoms. The van der Waals surface area contributed by atoms with Crippen LogP contribution in [-0.2, 0) is 0 Å². The molecule has 0 saturated heterocycles. The van der Waals surface area contributed by atoms with Crippen molar-refractivity contribution in [3.63, 3.8) is 0 Å². The van der Waals surface area contributed by atoms with Crippen LogP contribution in [0.3, 0.4) is 0 Å². The van der Waals surface area contributed by atoms with Crippen molar-refractivity contribution >= 4 is 34.7 Å². The molecular formula is C20H18ClN3O2. The van der Waals surface area contributed by atoms with E-state index in [4.69, 9.17) is 16.3 Å². The summed E-state index contributed by atoms with van der Waals surface area (Å²) in [4.78, 5) is 16.5. The molecule has 0 spiro atoms. The normalized spacial score (nSPS) is 10.3. The number of pyridine rings is 1. The first-order valence-corrected chi connectivity index (χ1v) is 8.37. The molecule has 3 rings (SSSR count). The van der Waals surface area contributed by atoms with Gasteiger partial charge in [0.15, 0.2) is 0 Å². The third-order valence-electron chi connectivity index (χ3n) is 3.76. The van der Waals surface area contributed by atoms with E-state index in [9.17, 15) is 4.79 Å². The summed E-state index contributed by atoms with van der Waals surface area (Å²) in [5.74, 6) is 1.08. The number of rotatable bonds is 5. The number of aromatic nitrogens is 1. The van der Waals surface area contributed by atoms with Gasteiger partial charge in [0.25, 0.3) is 5.91 Å². The van der Waals surface area contributed by atoms with Gasteiger partial charge in [-0.05, 0) is 49.4 Å². The zero-order valence-corrected chi connectivity index (χ0v) is 15.2. The maximum atomic E-state index is 12.2. The Morgan fingerprint density at radius 2 is 1.77 bits per heavy atom. The number of benzene rings is 2. The van der Waals surface area contributed by atoms with Crippen molar-refractivity contribution in [3.05, 3.63) is 76.9 Å². The summed E-state index contributed by atoms with van der Waals surface area (Å²) >= 11 is 6.11. The SMILES string of the molecule is COc1ccc(Nc2ccc(NC(=O)c3ccc(C)cc3)cn2)cc1Cl. The Balaban J connectivity index is 1.65. The summed E-state index contributed by atoms with van der Waals surface area (Å²) in [6, 6.07) is 16.3. The average Bonchev–Trinajstić information content (AvgIpc) is 2.64. The molecule has 0 bridgehead atoms. The van der Waals surface area contributed by atoms with Gasteiger partial charge in [0.05, 0.1) is 24.0 Å². The van der Waals surface area contributed by atoms with E-state index < -0.39 is 0 Å². The quantitative estimate of drug-likeness (QED) is 0.662. The lowest BCUT2D eigenvalue weighted by molar-refractivity contribution is 0.102. The van der Waals surface area contributed by atoms with Crippen LogP contribution in [0.1, 0.15) is 15.9 Å². The molecule has 1 aromatic heterocycles. The standard InChI is InChI=1S/C20H18ClN3O2/c1-13-3-5-14(6-4-13)20(25)24-16-8-10-19(22-12-16)23-15-7-9-18(26-2)17(21)11-15/h3-12H,1-2H3,(H,22,23)(H,24,25). The van der Waals surface area contributed by atoms with Crippen LogP contribution in [0.2, 0.25) is 5.02 Å². The third-order valence-corrected chi connectivity index (χ3v) is 4.05. The van der Waals surface area contributed by atoms with Gasteiger partial charge in [-0.15, -0.1) is 0 Å². The Bertz CT molecular complexity index is 909. The lowest BCUT2D eigenvalue weighted by Crippen LogP contribution is -2.12. The highest BCUT2D eigenvalue weighted by molar-refractivity contribution is 6.32.